The zero-order valence-electron chi connectivity index (χ0n) is 16.7. The number of H-pyrrole nitrogens is 1. The minimum atomic E-state index is -0.442. The van der Waals surface area contributed by atoms with Crippen LogP contribution in [0.25, 0.3) is 22.6 Å². The van der Waals surface area contributed by atoms with Gasteiger partial charge in [0, 0.05) is 19.2 Å². The molecule has 0 unspecified atom stereocenters. The van der Waals surface area contributed by atoms with Gasteiger partial charge < -0.3 is 10.4 Å². The zero-order chi connectivity index (χ0) is 21.3. The van der Waals surface area contributed by atoms with Gasteiger partial charge in [-0.2, -0.15) is 0 Å². The first-order valence-corrected chi connectivity index (χ1v) is 10.6. The molecule has 10 nitrogen and oxygen atoms in total. The van der Waals surface area contributed by atoms with Crippen molar-refractivity contribution in [3.63, 3.8) is 0 Å². The van der Waals surface area contributed by atoms with Gasteiger partial charge in [0.2, 0.25) is 5.16 Å². The molecule has 3 N–H and O–H groups in total. The number of nitrogens with zero attached hydrogens (tertiary/aromatic N) is 6. The number of aromatic amines is 1. The molecule has 4 aromatic rings. The number of rotatable bonds is 7. The second kappa shape index (κ2) is 8.19. The molecular formula is C19H22N8O2S. The van der Waals surface area contributed by atoms with Gasteiger partial charge in [0.25, 0.3) is 5.56 Å². The zero-order valence-corrected chi connectivity index (χ0v) is 17.5. The molecule has 4 rings (SSSR count). The fraction of sp³-hybridized carbons (Fsp3) is 0.316. The molecule has 1 aromatic carbocycles. The predicted octanol–water partition coefficient (Wildman–Crippen LogP) is 1.49. The van der Waals surface area contributed by atoms with Crippen LogP contribution in [0.1, 0.15) is 25.6 Å². The Kier molecular flexibility index (Phi) is 5.44. The van der Waals surface area contributed by atoms with E-state index in [1.807, 2.05) is 37.3 Å². The summed E-state index contributed by atoms with van der Waals surface area (Å²) < 4.78 is 4.67. The van der Waals surface area contributed by atoms with Crippen LogP contribution in [0, 0.1) is 0 Å². The normalized spacial score (nSPS) is 11.4. The van der Waals surface area contributed by atoms with Crippen LogP contribution in [-0.4, -0.2) is 34.0 Å². The molecule has 3 heterocycles. The van der Waals surface area contributed by atoms with Gasteiger partial charge in [-0.1, -0.05) is 55.4 Å². The van der Waals surface area contributed by atoms with Crippen molar-refractivity contribution in [2.75, 3.05) is 5.84 Å². The van der Waals surface area contributed by atoms with Crippen molar-refractivity contribution >= 4 is 22.9 Å². The van der Waals surface area contributed by atoms with Crippen LogP contribution in [-0.2, 0) is 19.3 Å². The molecule has 0 aliphatic carbocycles. The van der Waals surface area contributed by atoms with Crippen LogP contribution in [0.3, 0.4) is 0 Å². The van der Waals surface area contributed by atoms with E-state index in [0.29, 0.717) is 40.3 Å². The number of nitrogens with two attached hydrogens (primary N) is 1. The van der Waals surface area contributed by atoms with Crippen molar-refractivity contribution in [2.45, 2.75) is 37.2 Å². The molecule has 0 radical (unpaired) electrons. The van der Waals surface area contributed by atoms with E-state index >= 15 is 0 Å². The monoisotopic (exact) mass is 426 g/mol. The summed E-state index contributed by atoms with van der Waals surface area (Å²) in [6.45, 7) is 2.55. The molecule has 11 heteroatoms. The number of nitrogen functional groups attached to an aromatic ring is 1. The van der Waals surface area contributed by atoms with Gasteiger partial charge >= 0.3 is 5.69 Å². The minimum absolute atomic E-state index is 0.375. The third-order valence-corrected chi connectivity index (χ3v) is 5.81. The number of unbranched alkanes of at least 4 members (excludes halogenated alkanes) is 1. The van der Waals surface area contributed by atoms with E-state index in [1.165, 1.54) is 21.0 Å². The molecule has 156 valence electrons. The summed E-state index contributed by atoms with van der Waals surface area (Å²) in [5.41, 5.74) is 0.762. The number of thioether (sulfide) groups is 1. The number of aromatic nitrogens is 7. The first-order valence-electron chi connectivity index (χ1n) is 9.58. The van der Waals surface area contributed by atoms with Crippen molar-refractivity contribution in [3.05, 3.63) is 57.0 Å². The molecule has 3 aromatic heterocycles. The van der Waals surface area contributed by atoms with Crippen LogP contribution in [0.15, 0.2) is 45.1 Å². The van der Waals surface area contributed by atoms with E-state index in [2.05, 4.69) is 20.2 Å². The Morgan fingerprint density at radius 3 is 2.67 bits per heavy atom. The molecule has 0 amide bonds. The van der Waals surface area contributed by atoms with Gasteiger partial charge in [-0.3, -0.25) is 14.3 Å². The maximum Gasteiger partial charge on any atom is 0.330 e. The summed E-state index contributed by atoms with van der Waals surface area (Å²) in [6.07, 6.45) is 1.75. The van der Waals surface area contributed by atoms with Gasteiger partial charge in [0.1, 0.15) is 5.82 Å². The highest BCUT2D eigenvalue weighted by atomic mass is 32.2. The second-order valence-corrected chi connectivity index (χ2v) is 7.80. The number of hydrogen-bond donors (Lipinski definition) is 2. The highest BCUT2D eigenvalue weighted by Crippen LogP contribution is 2.24. The maximum absolute atomic E-state index is 12.4. The lowest BCUT2D eigenvalue weighted by molar-refractivity contribution is 0.613. The Hall–Kier alpha value is -3.34. The van der Waals surface area contributed by atoms with E-state index in [0.717, 1.165) is 18.4 Å². The SMILES string of the molecule is CCCCn1c(=O)[nH]c(=O)c2c1nc(CSc1nnc(-c3ccccc3)n1N)n2C. The Labute approximate surface area is 175 Å². The fourth-order valence-electron chi connectivity index (χ4n) is 3.23. The lowest BCUT2D eigenvalue weighted by atomic mass is 10.2. The van der Waals surface area contributed by atoms with E-state index in [1.54, 1.807) is 11.6 Å². The van der Waals surface area contributed by atoms with Crippen LogP contribution in [0.5, 0.6) is 0 Å². The van der Waals surface area contributed by atoms with Gasteiger partial charge in [-0.15, -0.1) is 10.2 Å². The Morgan fingerprint density at radius 1 is 1.17 bits per heavy atom. The van der Waals surface area contributed by atoms with E-state index in [9.17, 15) is 9.59 Å². The van der Waals surface area contributed by atoms with Crippen molar-refractivity contribution in [1.82, 2.24) is 34.0 Å². The molecule has 0 fully saturated rings. The number of aryl methyl sites for hydroxylation is 2. The first-order chi connectivity index (χ1) is 14.5. The lowest BCUT2D eigenvalue weighted by Crippen LogP contribution is -2.31. The number of benzene rings is 1. The van der Waals surface area contributed by atoms with Gasteiger partial charge in [0.05, 0.1) is 5.75 Å². The van der Waals surface area contributed by atoms with E-state index in [-0.39, 0.29) is 0 Å². The molecular weight excluding hydrogens is 404 g/mol. The Morgan fingerprint density at radius 2 is 1.93 bits per heavy atom. The van der Waals surface area contributed by atoms with Crippen LogP contribution in [0.2, 0.25) is 0 Å². The summed E-state index contributed by atoms with van der Waals surface area (Å²) in [6, 6.07) is 9.56. The van der Waals surface area contributed by atoms with Crippen molar-refractivity contribution in [3.8, 4) is 11.4 Å². The lowest BCUT2D eigenvalue weighted by Gasteiger charge is -2.04. The standard InChI is InChI=1S/C19H22N8O2S/c1-3-4-10-26-16-14(17(28)22-18(26)29)25(2)13(21-16)11-30-19-24-23-15(27(19)20)12-8-6-5-7-9-12/h5-9H,3-4,10-11,20H2,1-2H3,(H,22,28,29). The third kappa shape index (κ3) is 3.52. The number of hydrogen-bond acceptors (Lipinski definition) is 7. The molecule has 0 bridgehead atoms. The van der Waals surface area contributed by atoms with Crippen molar-refractivity contribution in [2.24, 2.45) is 7.05 Å². The summed E-state index contributed by atoms with van der Waals surface area (Å²) in [5.74, 6) is 7.79. The molecule has 0 aliphatic rings. The third-order valence-electron chi connectivity index (χ3n) is 4.87. The summed E-state index contributed by atoms with van der Waals surface area (Å²) >= 11 is 1.36. The van der Waals surface area contributed by atoms with E-state index < -0.39 is 11.2 Å². The van der Waals surface area contributed by atoms with Gasteiger partial charge in [0.15, 0.2) is 17.0 Å². The van der Waals surface area contributed by atoms with Crippen LogP contribution in [0.4, 0.5) is 0 Å². The Balaban J connectivity index is 1.65. The molecule has 0 spiro atoms. The molecule has 0 saturated heterocycles. The quantitative estimate of drug-likeness (QED) is 0.338. The molecule has 30 heavy (non-hydrogen) atoms. The predicted molar refractivity (Wildman–Crippen MR) is 116 cm³/mol. The van der Waals surface area contributed by atoms with E-state index in [4.69, 9.17) is 5.84 Å². The largest absolute Gasteiger partial charge is 0.335 e. The summed E-state index contributed by atoms with van der Waals surface area (Å²) in [5, 5.41) is 8.87. The second-order valence-electron chi connectivity index (χ2n) is 6.85. The summed E-state index contributed by atoms with van der Waals surface area (Å²) in [7, 11) is 1.76. The van der Waals surface area contributed by atoms with Crippen molar-refractivity contribution in [1.29, 1.82) is 0 Å². The smallest absolute Gasteiger partial charge is 0.330 e. The van der Waals surface area contributed by atoms with Gasteiger partial charge in [-0.25, -0.2) is 14.5 Å². The maximum atomic E-state index is 12.4. The van der Waals surface area contributed by atoms with Crippen molar-refractivity contribution < 1.29 is 0 Å². The summed E-state index contributed by atoms with van der Waals surface area (Å²) in [4.78, 5) is 31.6. The number of nitrogens with one attached hydrogen (secondary N) is 1. The topological polar surface area (TPSA) is 129 Å². The van der Waals surface area contributed by atoms with Gasteiger partial charge in [-0.05, 0) is 6.42 Å². The average Bonchev–Trinajstić information content (AvgIpc) is 3.27. The van der Waals surface area contributed by atoms with Crippen LogP contribution >= 0.6 is 11.8 Å². The fourth-order valence-corrected chi connectivity index (χ4v) is 4.07. The first kappa shape index (κ1) is 20.0. The highest BCUT2D eigenvalue weighted by Gasteiger charge is 2.18. The molecule has 0 atom stereocenters. The Bertz CT molecular complexity index is 1300. The highest BCUT2D eigenvalue weighted by molar-refractivity contribution is 7.98. The van der Waals surface area contributed by atoms with Crippen LogP contribution < -0.4 is 17.1 Å². The number of fused-ring (bicyclic) bond motifs is 1. The molecule has 0 saturated carbocycles. The number of imidazole rings is 1. The molecule has 0 aliphatic heterocycles. The minimum Gasteiger partial charge on any atom is -0.335 e. The average molecular weight is 427 g/mol.